The summed E-state index contributed by atoms with van der Waals surface area (Å²) in [6.07, 6.45) is 1.68. The van der Waals surface area contributed by atoms with E-state index >= 15 is 0 Å². The Morgan fingerprint density at radius 3 is 3.00 bits per heavy atom. The van der Waals surface area contributed by atoms with E-state index < -0.39 is 0 Å². The van der Waals surface area contributed by atoms with Gasteiger partial charge in [-0.05, 0) is 24.6 Å². The predicted octanol–water partition coefficient (Wildman–Crippen LogP) is 2.80. The number of nitrogens with one attached hydrogen (secondary N) is 2. The van der Waals surface area contributed by atoms with E-state index in [9.17, 15) is 14.9 Å². The minimum absolute atomic E-state index is 0.0482. The van der Waals surface area contributed by atoms with Crippen molar-refractivity contribution in [2.24, 2.45) is 0 Å². The number of hydrogen-bond acceptors (Lipinski definition) is 7. The van der Waals surface area contributed by atoms with Crippen molar-refractivity contribution >= 4 is 34.1 Å². The molecule has 3 heterocycles. The molecule has 0 unspecified atom stereocenters. The first-order valence-corrected chi connectivity index (χ1v) is 9.37. The van der Waals surface area contributed by atoms with E-state index in [1.54, 1.807) is 13.1 Å². The standard InChI is InChI=1S/C17H13N5O2S2/c1-10-6-14(23)21-16(11(10)7-18)25-9-15(24)22-17-20-13(8-26-17)12-4-2-3-5-19-12/h2-6,8H,9H2,1H3,(H,21,23)(H,20,22,24). The maximum Gasteiger partial charge on any atom is 0.249 e. The van der Waals surface area contributed by atoms with E-state index in [1.165, 1.54) is 17.4 Å². The largest absolute Gasteiger partial charge is 0.316 e. The SMILES string of the molecule is Cc1cc(=O)[nH]c(SCC(=O)Nc2nc(-c3ccccn3)cs2)c1C#N. The average molecular weight is 383 g/mol. The summed E-state index contributed by atoms with van der Waals surface area (Å²) in [5.74, 6) is -0.227. The number of aryl methyl sites for hydroxylation is 1. The second-order valence-corrected chi connectivity index (χ2v) is 7.07. The van der Waals surface area contributed by atoms with E-state index in [1.807, 2.05) is 29.6 Å². The third-order valence-electron chi connectivity index (χ3n) is 3.34. The zero-order valence-electron chi connectivity index (χ0n) is 13.6. The molecular formula is C17H13N5O2S2. The molecule has 7 nitrogen and oxygen atoms in total. The van der Waals surface area contributed by atoms with Crippen molar-refractivity contribution in [2.75, 3.05) is 11.1 Å². The zero-order valence-corrected chi connectivity index (χ0v) is 15.3. The minimum Gasteiger partial charge on any atom is -0.316 e. The molecule has 0 saturated carbocycles. The number of nitrogens with zero attached hydrogens (tertiary/aromatic N) is 3. The van der Waals surface area contributed by atoms with Crippen LogP contribution in [0.4, 0.5) is 5.13 Å². The molecule has 0 radical (unpaired) electrons. The van der Waals surface area contributed by atoms with Gasteiger partial charge in [0.2, 0.25) is 11.5 Å². The number of nitriles is 1. The van der Waals surface area contributed by atoms with Crippen LogP contribution in [0.1, 0.15) is 11.1 Å². The van der Waals surface area contributed by atoms with Crippen molar-refractivity contribution in [3.63, 3.8) is 0 Å². The summed E-state index contributed by atoms with van der Waals surface area (Å²) >= 11 is 2.41. The van der Waals surface area contributed by atoms with Gasteiger partial charge >= 0.3 is 0 Å². The Labute approximate surface area is 157 Å². The van der Waals surface area contributed by atoms with Gasteiger partial charge in [0.1, 0.15) is 11.8 Å². The minimum atomic E-state index is -0.302. The summed E-state index contributed by atoms with van der Waals surface area (Å²) in [5, 5.41) is 14.6. The lowest BCUT2D eigenvalue weighted by Crippen LogP contribution is -2.15. The molecule has 3 aromatic heterocycles. The van der Waals surface area contributed by atoms with Gasteiger partial charge in [-0.2, -0.15) is 5.26 Å². The molecule has 0 aliphatic carbocycles. The van der Waals surface area contributed by atoms with E-state index in [0.29, 0.717) is 27.0 Å². The van der Waals surface area contributed by atoms with Crippen LogP contribution in [0, 0.1) is 18.3 Å². The number of amides is 1. The monoisotopic (exact) mass is 383 g/mol. The van der Waals surface area contributed by atoms with Crippen LogP contribution in [0.3, 0.4) is 0 Å². The summed E-state index contributed by atoms with van der Waals surface area (Å²) in [7, 11) is 0. The topological polar surface area (TPSA) is 112 Å². The molecule has 0 atom stereocenters. The van der Waals surface area contributed by atoms with Gasteiger partial charge in [0.25, 0.3) is 0 Å². The molecule has 0 aliphatic heterocycles. The number of thioether (sulfide) groups is 1. The van der Waals surface area contributed by atoms with E-state index in [2.05, 4.69) is 20.3 Å². The number of pyridine rings is 2. The third-order valence-corrected chi connectivity index (χ3v) is 5.10. The van der Waals surface area contributed by atoms with E-state index in [4.69, 9.17) is 0 Å². The number of thiazole rings is 1. The van der Waals surface area contributed by atoms with Crippen LogP contribution < -0.4 is 10.9 Å². The lowest BCUT2D eigenvalue weighted by molar-refractivity contribution is -0.113. The molecule has 9 heteroatoms. The van der Waals surface area contributed by atoms with E-state index in [0.717, 1.165) is 17.5 Å². The number of rotatable bonds is 5. The molecule has 0 spiro atoms. The van der Waals surface area contributed by atoms with Crippen molar-refractivity contribution < 1.29 is 4.79 Å². The molecule has 0 fully saturated rings. The Hall–Kier alpha value is -2.96. The van der Waals surface area contributed by atoms with Crippen molar-refractivity contribution in [3.8, 4) is 17.5 Å². The highest BCUT2D eigenvalue weighted by molar-refractivity contribution is 8.00. The first-order valence-electron chi connectivity index (χ1n) is 7.50. The molecule has 3 rings (SSSR count). The Morgan fingerprint density at radius 2 is 2.27 bits per heavy atom. The van der Waals surface area contributed by atoms with Crippen LogP contribution >= 0.6 is 23.1 Å². The Balaban J connectivity index is 1.65. The maximum atomic E-state index is 12.1. The van der Waals surface area contributed by atoms with Crippen LogP contribution in [-0.2, 0) is 4.79 Å². The summed E-state index contributed by atoms with van der Waals surface area (Å²) in [6.45, 7) is 1.69. The second kappa shape index (κ2) is 7.95. The summed E-state index contributed by atoms with van der Waals surface area (Å²) in [5.41, 5.74) is 2.07. The normalized spacial score (nSPS) is 10.3. The van der Waals surface area contributed by atoms with Gasteiger partial charge in [-0.25, -0.2) is 4.98 Å². The summed E-state index contributed by atoms with van der Waals surface area (Å²) in [4.78, 5) is 34.9. The summed E-state index contributed by atoms with van der Waals surface area (Å²) in [6, 6.07) is 8.93. The molecule has 130 valence electrons. The maximum absolute atomic E-state index is 12.1. The number of hydrogen-bond donors (Lipinski definition) is 2. The van der Waals surface area contributed by atoms with Crippen molar-refractivity contribution in [3.05, 3.63) is 57.3 Å². The Kier molecular flexibility index (Phi) is 5.46. The fraction of sp³-hybridized carbons (Fsp3) is 0.118. The molecule has 0 aliphatic rings. The smallest absolute Gasteiger partial charge is 0.249 e. The highest BCUT2D eigenvalue weighted by Gasteiger charge is 2.12. The number of aromatic nitrogens is 3. The quantitative estimate of drug-likeness (QED) is 0.655. The fourth-order valence-electron chi connectivity index (χ4n) is 2.16. The second-order valence-electron chi connectivity index (χ2n) is 5.22. The Morgan fingerprint density at radius 1 is 1.42 bits per heavy atom. The first kappa shape index (κ1) is 17.8. The van der Waals surface area contributed by atoms with Crippen LogP contribution in [0.25, 0.3) is 11.4 Å². The number of H-pyrrole nitrogens is 1. The molecule has 3 aromatic rings. The van der Waals surface area contributed by atoms with Gasteiger partial charge in [0.05, 0.1) is 22.0 Å². The molecule has 2 N–H and O–H groups in total. The average Bonchev–Trinajstić information content (AvgIpc) is 3.09. The van der Waals surface area contributed by atoms with Gasteiger partial charge < -0.3 is 10.3 Å². The van der Waals surface area contributed by atoms with Crippen molar-refractivity contribution in [2.45, 2.75) is 11.9 Å². The summed E-state index contributed by atoms with van der Waals surface area (Å²) < 4.78 is 0. The molecule has 1 amide bonds. The Bertz CT molecular complexity index is 1040. The lowest BCUT2D eigenvalue weighted by atomic mass is 10.2. The highest BCUT2D eigenvalue weighted by atomic mass is 32.2. The van der Waals surface area contributed by atoms with Gasteiger partial charge in [-0.3, -0.25) is 14.6 Å². The predicted molar refractivity (Wildman–Crippen MR) is 101 cm³/mol. The molecule has 0 aromatic carbocycles. The number of carbonyl (C=O) groups is 1. The van der Waals surface area contributed by atoms with E-state index in [-0.39, 0.29) is 17.2 Å². The number of anilines is 1. The molecule has 0 bridgehead atoms. The van der Waals surface area contributed by atoms with Gasteiger partial charge in [0.15, 0.2) is 5.13 Å². The van der Waals surface area contributed by atoms with Gasteiger partial charge in [0, 0.05) is 17.6 Å². The highest BCUT2D eigenvalue weighted by Crippen LogP contribution is 2.24. The van der Waals surface area contributed by atoms with Crippen molar-refractivity contribution in [1.82, 2.24) is 15.0 Å². The third kappa shape index (κ3) is 4.17. The first-order chi connectivity index (χ1) is 12.6. The molecule has 0 saturated heterocycles. The van der Waals surface area contributed by atoms with Crippen LogP contribution in [0.15, 0.2) is 45.7 Å². The lowest BCUT2D eigenvalue weighted by Gasteiger charge is -2.05. The van der Waals surface area contributed by atoms with Crippen LogP contribution in [0.5, 0.6) is 0 Å². The van der Waals surface area contributed by atoms with Crippen molar-refractivity contribution in [1.29, 1.82) is 5.26 Å². The molecule has 26 heavy (non-hydrogen) atoms. The molecular weight excluding hydrogens is 370 g/mol. The van der Waals surface area contributed by atoms with Crippen LogP contribution in [-0.4, -0.2) is 26.6 Å². The van der Waals surface area contributed by atoms with Crippen LogP contribution in [0.2, 0.25) is 0 Å². The fourth-order valence-corrected chi connectivity index (χ4v) is 3.75. The van der Waals surface area contributed by atoms with Gasteiger partial charge in [-0.15, -0.1) is 11.3 Å². The number of carbonyl (C=O) groups excluding carboxylic acids is 1. The zero-order chi connectivity index (χ0) is 18.5. The number of aromatic amines is 1. The van der Waals surface area contributed by atoms with Gasteiger partial charge in [-0.1, -0.05) is 17.8 Å².